The number of aliphatic hydroxyl groups excluding tert-OH is 1. The van der Waals surface area contributed by atoms with Gasteiger partial charge in [0.15, 0.2) is 0 Å². The average molecular weight is 359 g/mol. The molecular weight excluding hydrogens is 343 g/mol. The number of likely N-dealkylation sites (tertiary alicyclic amines) is 1. The van der Waals surface area contributed by atoms with Crippen molar-refractivity contribution in [2.45, 2.75) is 18.7 Å². The number of carbonyl (C=O) groups is 1. The van der Waals surface area contributed by atoms with Crippen LogP contribution in [0, 0.1) is 11.8 Å². The van der Waals surface area contributed by atoms with Crippen LogP contribution in [0.15, 0.2) is 48.5 Å². The van der Waals surface area contributed by atoms with Crippen LogP contribution in [0.1, 0.15) is 17.5 Å². The lowest BCUT2D eigenvalue weighted by Crippen LogP contribution is -2.28. The molecule has 3 nitrogen and oxygen atoms in total. The fourth-order valence-electron chi connectivity index (χ4n) is 2.86. The third kappa shape index (κ3) is 4.06. The van der Waals surface area contributed by atoms with E-state index in [0.29, 0.717) is 18.5 Å². The van der Waals surface area contributed by atoms with Gasteiger partial charge in [0.1, 0.15) is 0 Å². The number of hydrogen-bond donors (Lipinski definition) is 1. The average Bonchev–Trinajstić information content (AvgIpc) is 3.06. The lowest BCUT2D eigenvalue weighted by atomic mass is 9.97. The van der Waals surface area contributed by atoms with Crippen LogP contribution in [-0.2, 0) is 11.0 Å². The second kappa shape index (κ2) is 7.22. The topological polar surface area (TPSA) is 40.5 Å². The summed E-state index contributed by atoms with van der Waals surface area (Å²) in [6.45, 7) is 0.601. The number of halogens is 3. The van der Waals surface area contributed by atoms with Crippen molar-refractivity contribution in [2.75, 3.05) is 13.1 Å². The predicted molar refractivity (Wildman–Crippen MR) is 91.0 cm³/mol. The number of hydrogen-bond acceptors (Lipinski definition) is 2. The summed E-state index contributed by atoms with van der Waals surface area (Å²) >= 11 is 0. The number of rotatable bonds is 1. The van der Waals surface area contributed by atoms with E-state index in [1.54, 1.807) is 30.3 Å². The molecule has 0 spiro atoms. The van der Waals surface area contributed by atoms with E-state index in [9.17, 15) is 23.1 Å². The number of carbonyl (C=O) groups excluding carboxylic acids is 1. The third-order valence-corrected chi connectivity index (χ3v) is 4.17. The highest BCUT2D eigenvalue weighted by Gasteiger charge is 2.34. The van der Waals surface area contributed by atoms with Crippen molar-refractivity contribution in [3.8, 4) is 23.0 Å². The van der Waals surface area contributed by atoms with Crippen molar-refractivity contribution in [1.29, 1.82) is 0 Å². The molecule has 1 aliphatic rings. The van der Waals surface area contributed by atoms with Gasteiger partial charge in [0.05, 0.1) is 11.7 Å². The largest absolute Gasteiger partial charge is 0.417 e. The van der Waals surface area contributed by atoms with Crippen molar-refractivity contribution in [1.82, 2.24) is 4.90 Å². The summed E-state index contributed by atoms with van der Waals surface area (Å²) < 4.78 is 40.4. The van der Waals surface area contributed by atoms with Crippen LogP contribution in [0.5, 0.6) is 0 Å². The van der Waals surface area contributed by atoms with E-state index in [2.05, 4.69) is 11.8 Å². The minimum atomic E-state index is -4.54. The molecule has 26 heavy (non-hydrogen) atoms. The first-order valence-corrected chi connectivity index (χ1v) is 8.10. The quantitative estimate of drug-likeness (QED) is 0.794. The van der Waals surface area contributed by atoms with Crippen molar-refractivity contribution in [2.24, 2.45) is 0 Å². The van der Waals surface area contributed by atoms with Gasteiger partial charge in [0.25, 0.3) is 5.91 Å². The molecule has 1 amide bonds. The molecule has 6 heteroatoms. The number of alkyl halides is 3. The van der Waals surface area contributed by atoms with Gasteiger partial charge in [-0.25, -0.2) is 0 Å². The number of β-amino-alcohol motifs (C(OH)–C–C–N with tert-alkyl or cyclic N) is 1. The third-order valence-electron chi connectivity index (χ3n) is 4.17. The molecule has 1 saturated heterocycles. The SMILES string of the molecule is O=C(C#Cc1ccc(-c2ccccc2)c(C(F)(F)F)c1)N1CC[C@@H](O)C1. The summed E-state index contributed by atoms with van der Waals surface area (Å²) in [5.74, 6) is 4.36. The number of aliphatic hydroxyl groups is 1. The second-order valence-corrected chi connectivity index (χ2v) is 6.07. The van der Waals surface area contributed by atoms with Crippen LogP contribution in [0.4, 0.5) is 13.2 Å². The van der Waals surface area contributed by atoms with Crippen molar-refractivity contribution in [3.05, 3.63) is 59.7 Å². The minimum absolute atomic E-state index is 0.0673. The Kier molecular flexibility index (Phi) is 5.01. The van der Waals surface area contributed by atoms with Gasteiger partial charge < -0.3 is 10.0 Å². The maximum absolute atomic E-state index is 13.5. The maximum atomic E-state index is 13.5. The highest BCUT2D eigenvalue weighted by atomic mass is 19.4. The van der Waals surface area contributed by atoms with E-state index in [1.165, 1.54) is 17.0 Å². The summed E-state index contributed by atoms with van der Waals surface area (Å²) in [5, 5.41) is 9.43. The Balaban J connectivity index is 1.91. The fraction of sp³-hybridized carbons (Fsp3) is 0.250. The molecule has 1 aliphatic heterocycles. The van der Waals surface area contributed by atoms with Gasteiger partial charge >= 0.3 is 6.18 Å². The molecule has 0 aliphatic carbocycles. The molecule has 0 unspecified atom stereocenters. The first-order chi connectivity index (χ1) is 12.3. The molecule has 1 atom stereocenters. The zero-order valence-electron chi connectivity index (χ0n) is 13.8. The van der Waals surface area contributed by atoms with E-state index in [0.717, 1.165) is 6.07 Å². The van der Waals surface area contributed by atoms with Crippen LogP contribution >= 0.6 is 0 Å². The molecule has 0 saturated carbocycles. The summed E-state index contributed by atoms with van der Waals surface area (Å²) in [6.07, 6.45) is -4.62. The van der Waals surface area contributed by atoms with Gasteiger partial charge in [-0.05, 0) is 29.7 Å². The zero-order chi connectivity index (χ0) is 18.7. The molecule has 3 rings (SSSR count). The zero-order valence-corrected chi connectivity index (χ0v) is 13.8. The highest BCUT2D eigenvalue weighted by molar-refractivity contribution is 5.94. The van der Waals surface area contributed by atoms with E-state index < -0.39 is 23.8 Å². The monoisotopic (exact) mass is 359 g/mol. The van der Waals surface area contributed by atoms with Crippen LogP contribution in [0.25, 0.3) is 11.1 Å². The molecular formula is C20H16F3NO2. The van der Waals surface area contributed by atoms with E-state index in [1.807, 2.05) is 0 Å². The van der Waals surface area contributed by atoms with Crippen molar-refractivity contribution < 1.29 is 23.1 Å². The number of amides is 1. The fourth-order valence-corrected chi connectivity index (χ4v) is 2.86. The van der Waals surface area contributed by atoms with Gasteiger partial charge in [-0.1, -0.05) is 42.3 Å². The lowest BCUT2D eigenvalue weighted by molar-refractivity contribution is -0.137. The summed E-state index contributed by atoms with van der Waals surface area (Å²) in [6, 6.07) is 12.1. The summed E-state index contributed by atoms with van der Waals surface area (Å²) in [7, 11) is 0. The molecule has 1 heterocycles. The Hall–Kier alpha value is -2.78. The van der Waals surface area contributed by atoms with Gasteiger partial charge in [-0.2, -0.15) is 13.2 Å². The van der Waals surface area contributed by atoms with Crippen molar-refractivity contribution >= 4 is 5.91 Å². The first-order valence-electron chi connectivity index (χ1n) is 8.10. The van der Waals surface area contributed by atoms with Gasteiger partial charge in [-0.15, -0.1) is 0 Å². The van der Waals surface area contributed by atoms with Crippen molar-refractivity contribution in [3.63, 3.8) is 0 Å². The normalized spacial score (nSPS) is 16.9. The Labute approximate surface area is 149 Å². The Morgan fingerprint density at radius 1 is 1.15 bits per heavy atom. The van der Waals surface area contributed by atoms with E-state index in [4.69, 9.17) is 0 Å². The van der Waals surface area contributed by atoms with Crippen LogP contribution in [0.3, 0.4) is 0 Å². The lowest BCUT2D eigenvalue weighted by Gasteiger charge is -2.13. The van der Waals surface area contributed by atoms with E-state index in [-0.39, 0.29) is 17.7 Å². The van der Waals surface area contributed by atoms with Gasteiger partial charge in [0.2, 0.25) is 0 Å². The molecule has 0 bridgehead atoms. The van der Waals surface area contributed by atoms with Gasteiger partial charge in [0, 0.05) is 24.6 Å². The van der Waals surface area contributed by atoms with E-state index >= 15 is 0 Å². The van der Waals surface area contributed by atoms with Gasteiger partial charge in [-0.3, -0.25) is 4.79 Å². The Morgan fingerprint density at radius 2 is 1.88 bits per heavy atom. The summed E-state index contributed by atoms with van der Waals surface area (Å²) in [4.78, 5) is 13.3. The Bertz CT molecular complexity index is 866. The minimum Gasteiger partial charge on any atom is -0.391 e. The Morgan fingerprint density at radius 3 is 2.50 bits per heavy atom. The molecule has 2 aromatic carbocycles. The molecule has 0 aromatic heterocycles. The maximum Gasteiger partial charge on any atom is 0.417 e. The molecule has 2 aromatic rings. The molecule has 0 radical (unpaired) electrons. The molecule has 134 valence electrons. The van der Waals surface area contributed by atoms with Crippen LogP contribution in [0.2, 0.25) is 0 Å². The smallest absolute Gasteiger partial charge is 0.391 e. The van der Waals surface area contributed by atoms with Crippen LogP contribution < -0.4 is 0 Å². The summed E-state index contributed by atoms with van der Waals surface area (Å²) in [5.41, 5.74) is -0.149. The number of nitrogens with zero attached hydrogens (tertiary/aromatic N) is 1. The predicted octanol–water partition coefficient (Wildman–Crippen LogP) is 3.32. The first kappa shape index (κ1) is 18.0. The molecule has 1 N–H and O–H groups in total. The number of benzene rings is 2. The van der Waals surface area contributed by atoms with Crippen LogP contribution in [-0.4, -0.2) is 35.1 Å². The standard InChI is InChI=1S/C20H16F3NO2/c21-20(22,23)18-12-14(6-8-17(18)15-4-2-1-3-5-15)7-9-19(26)24-11-10-16(25)13-24/h1-6,8,12,16,25H,10-11,13H2/t16-/m1/s1. The highest BCUT2D eigenvalue weighted by Crippen LogP contribution is 2.37. The second-order valence-electron chi connectivity index (χ2n) is 6.07. The molecule has 1 fully saturated rings.